The number of sulfonamides is 1. The number of aliphatic hydroxyl groups is 1. The zero-order chi connectivity index (χ0) is 22.4. The smallest absolute Gasteiger partial charge is 0.241 e. The fraction of sp³-hybridized carbons (Fsp3) is 0.409. The van der Waals surface area contributed by atoms with Crippen LogP contribution in [0.3, 0.4) is 0 Å². The third kappa shape index (κ3) is 6.33. The zero-order valence-electron chi connectivity index (χ0n) is 17.2. The van der Waals surface area contributed by atoms with Gasteiger partial charge in [-0.3, -0.25) is 4.79 Å². The van der Waals surface area contributed by atoms with Gasteiger partial charge in [-0.25, -0.2) is 17.5 Å². The predicted molar refractivity (Wildman–Crippen MR) is 113 cm³/mol. The van der Waals surface area contributed by atoms with Crippen molar-refractivity contribution >= 4 is 15.9 Å². The van der Waals surface area contributed by atoms with Crippen LogP contribution < -0.4 is 10.0 Å². The van der Waals surface area contributed by atoms with Gasteiger partial charge < -0.3 is 15.2 Å². The molecule has 9 heteroatoms. The second-order valence-electron chi connectivity index (χ2n) is 7.65. The number of ether oxygens (including phenoxy) is 1. The lowest BCUT2D eigenvalue weighted by molar-refractivity contribution is -0.131. The highest BCUT2D eigenvalue weighted by atomic mass is 32.2. The van der Waals surface area contributed by atoms with Gasteiger partial charge in [0.25, 0.3) is 0 Å². The van der Waals surface area contributed by atoms with Crippen LogP contribution in [-0.2, 0) is 19.6 Å². The molecule has 1 aliphatic heterocycles. The monoisotopic (exact) mass is 450 g/mol. The third-order valence-corrected chi connectivity index (χ3v) is 6.79. The van der Waals surface area contributed by atoms with Crippen LogP contribution in [0.5, 0.6) is 0 Å². The zero-order valence-corrected chi connectivity index (χ0v) is 18.0. The van der Waals surface area contributed by atoms with Gasteiger partial charge in [0.1, 0.15) is 5.82 Å². The van der Waals surface area contributed by atoms with E-state index in [1.54, 1.807) is 0 Å². The molecule has 4 atom stereocenters. The average molecular weight is 451 g/mol. The molecule has 0 spiro atoms. The van der Waals surface area contributed by atoms with Gasteiger partial charge >= 0.3 is 0 Å². The van der Waals surface area contributed by atoms with E-state index in [0.717, 1.165) is 17.7 Å². The lowest BCUT2D eigenvalue weighted by Crippen LogP contribution is -2.51. The first kappa shape index (κ1) is 23.3. The molecule has 0 bridgehead atoms. The second-order valence-corrected chi connectivity index (χ2v) is 9.36. The SMILES string of the molecule is C[C@H](NC(=O)C[C@@H]1CC[C@@H](NS(=O)(=O)c2cccc(F)c2)[C@@H](CO)O1)c1ccccc1. The molecule has 31 heavy (non-hydrogen) atoms. The predicted octanol–water partition coefficient (Wildman–Crippen LogP) is 2.28. The molecule has 1 heterocycles. The highest BCUT2D eigenvalue weighted by Crippen LogP contribution is 2.24. The van der Waals surface area contributed by atoms with Crippen molar-refractivity contribution in [3.63, 3.8) is 0 Å². The lowest BCUT2D eigenvalue weighted by atomic mass is 9.97. The summed E-state index contributed by atoms with van der Waals surface area (Å²) in [4.78, 5) is 12.2. The number of aliphatic hydroxyl groups excluding tert-OH is 1. The molecular formula is C22H27FN2O5S. The molecule has 3 N–H and O–H groups in total. The van der Waals surface area contributed by atoms with Gasteiger partial charge in [0.05, 0.1) is 42.2 Å². The Hall–Kier alpha value is -2.33. The van der Waals surface area contributed by atoms with Gasteiger partial charge in [0.15, 0.2) is 0 Å². The first-order valence-corrected chi connectivity index (χ1v) is 11.7. The Kier molecular flexibility index (Phi) is 7.77. The van der Waals surface area contributed by atoms with Crippen molar-refractivity contribution in [1.29, 1.82) is 0 Å². The van der Waals surface area contributed by atoms with Gasteiger partial charge in [-0.1, -0.05) is 36.4 Å². The van der Waals surface area contributed by atoms with Gasteiger partial charge in [0, 0.05) is 0 Å². The van der Waals surface area contributed by atoms with Gasteiger partial charge in [-0.15, -0.1) is 0 Å². The van der Waals surface area contributed by atoms with Crippen molar-refractivity contribution in [3.8, 4) is 0 Å². The third-order valence-electron chi connectivity index (χ3n) is 5.30. The van der Waals surface area contributed by atoms with E-state index in [1.807, 2.05) is 37.3 Å². The highest BCUT2D eigenvalue weighted by molar-refractivity contribution is 7.89. The Labute approximate surface area is 181 Å². The second kappa shape index (κ2) is 10.3. The quantitative estimate of drug-likeness (QED) is 0.572. The molecule has 0 saturated carbocycles. The van der Waals surface area contributed by atoms with Crippen LogP contribution in [0.2, 0.25) is 0 Å². The van der Waals surface area contributed by atoms with E-state index in [0.29, 0.717) is 12.8 Å². The van der Waals surface area contributed by atoms with Crippen molar-refractivity contribution in [2.75, 3.05) is 6.61 Å². The Morgan fingerprint density at radius 2 is 1.94 bits per heavy atom. The minimum atomic E-state index is -3.97. The molecule has 0 radical (unpaired) electrons. The van der Waals surface area contributed by atoms with Crippen molar-refractivity contribution in [1.82, 2.24) is 10.0 Å². The first-order valence-electron chi connectivity index (χ1n) is 10.2. The summed E-state index contributed by atoms with van der Waals surface area (Å²) in [7, 11) is -3.97. The highest BCUT2D eigenvalue weighted by Gasteiger charge is 2.35. The molecule has 1 saturated heterocycles. The molecule has 0 unspecified atom stereocenters. The van der Waals surface area contributed by atoms with Crippen LogP contribution in [-0.4, -0.2) is 44.3 Å². The number of rotatable bonds is 8. The fourth-order valence-corrected chi connectivity index (χ4v) is 4.98. The number of carbonyl (C=O) groups excluding carboxylic acids is 1. The summed E-state index contributed by atoms with van der Waals surface area (Å²) in [5, 5.41) is 12.6. The summed E-state index contributed by atoms with van der Waals surface area (Å²) in [6.45, 7) is 1.48. The molecule has 7 nitrogen and oxygen atoms in total. The Morgan fingerprint density at radius 1 is 1.19 bits per heavy atom. The normalized spacial score (nSPS) is 22.6. The Morgan fingerprint density at radius 3 is 2.61 bits per heavy atom. The molecular weight excluding hydrogens is 423 g/mol. The van der Waals surface area contributed by atoms with E-state index >= 15 is 0 Å². The Balaban J connectivity index is 1.56. The van der Waals surface area contributed by atoms with E-state index < -0.39 is 40.7 Å². The summed E-state index contributed by atoms with van der Waals surface area (Å²) in [6, 6.07) is 13.4. The molecule has 3 rings (SSSR count). The summed E-state index contributed by atoms with van der Waals surface area (Å²) < 4.78 is 46.8. The molecule has 168 valence electrons. The maximum Gasteiger partial charge on any atom is 0.241 e. The average Bonchev–Trinajstić information content (AvgIpc) is 2.75. The number of hydrogen-bond acceptors (Lipinski definition) is 5. The summed E-state index contributed by atoms with van der Waals surface area (Å²) in [5.41, 5.74) is 0.987. The van der Waals surface area contributed by atoms with E-state index in [4.69, 9.17) is 4.74 Å². The van der Waals surface area contributed by atoms with Crippen molar-refractivity contribution in [2.24, 2.45) is 0 Å². The van der Waals surface area contributed by atoms with Crippen LogP contribution in [0, 0.1) is 5.82 Å². The molecule has 1 aliphatic rings. The van der Waals surface area contributed by atoms with E-state index in [9.17, 15) is 22.7 Å². The summed E-state index contributed by atoms with van der Waals surface area (Å²) in [6.07, 6.45) is -0.306. The standard InChI is InChI=1S/C22H27FN2O5S/c1-15(16-6-3-2-4-7-16)24-22(27)13-18-10-11-20(21(14-26)30-18)25-31(28,29)19-9-5-8-17(23)12-19/h2-9,12,15,18,20-21,25-26H,10-11,13-14H2,1H3,(H,24,27)/t15-,18-,20+,21+/m0/s1. The molecule has 1 amide bonds. The number of hydrogen-bond donors (Lipinski definition) is 3. The minimum absolute atomic E-state index is 0.108. The molecule has 2 aromatic rings. The fourth-order valence-electron chi connectivity index (χ4n) is 3.65. The van der Waals surface area contributed by atoms with Crippen LogP contribution in [0.15, 0.2) is 59.5 Å². The number of carbonyl (C=O) groups is 1. The molecule has 2 aromatic carbocycles. The molecule has 0 aromatic heterocycles. The van der Waals surface area contributed by atoms with Crippen molar-refractivity contribution < 1.29 is 27.4 Å². The summed E-state index contributed by atoms with van der Waals surface area (Å²) >= 11 is 0. The van der Waals surface area contributed by atoms with E-state index in [1.165, 1.54) is 12.1 Å². The van der Waals surface area contributed by atoms with Gasteiger partial charge in [-0.2, -0.15) is 0 Å². The number of benzene rings is 2. The molecule has 0 aliphatic carbocycles. The van der Waals surface area contributed by atoms with Crippen molar-refractivity contribution in [2.45, 2.75) is 55.4 Å². The molecule has 1 fully saturated rings. The van der Waals surface area contributed by atoms with Gasteiger partial charge in [-0.05, 0) is 43.5 Å². The van der Waals surface area contributed by atoms with E-state index in [2.05, 4.69) is 10.0 Å². The number of amides is 1. The Bertz CT molecular complexity index is 986. The first-order chi connectivity index (χ1) is 14.8. The lowest BCUT2D eigenvalue weighted by Gasteiger charge is -2.35. The van der Waals surface area contributed by atoms with Crippen molar-refractivity contribution in [3.05, 3.63) is 66.0 Å². The van der Waals surface area contributed by atoms with Gasteiger partial charge in [0.2, 0.25) is 15.9 Å². The van der Waals surface area contributed by atoms with Crippen LogP contribution in [0.4, 0.5) is 4.39 Å². The van der Waals surface area contributed by atoms with Crippen LogP contribution in [0.25, 0.3) is 0 Å². The van der Waals surface area contributed by atoms with E-state index in [-0.39, 0.29) is 23.3 Å². The van der Waals surface area contributed by atoms with Crippen LogP contribution >= 0.6 is 0 Å². The maximum atomic E-state index is 13.4. The number of nitrogens with one attached hydrogen (secondary N) is 2. The van der Waals surface area contributed by atoms with Crippen LogP contribution in [0.1, 0.15) is 37.8 Å². The maximum absolute atomic E-state index is 13.4. The topological polar surface area (TPSA) is 105 Å². The minimum Gasteiger partial charge on any atom is -0.394 e. The number of halogens is 1. The largest absolute Gasteiger partial charge is 0.394 e. The summed E-state index contributed by atoms with van der Waals surface area (Å²) in [5.74, 6) is -0.839.